The molecular weight excluding hydrogens is 198 g/mol. The SMILES string of the molecule is C.CCCN1CCC(C#N)(NC(C)(C)C)C1. The summed E-state index contributed by atoms with van der Waals surface area (Å²) in [7, 11) is 0. The molecule has 1 saturated heterocycles. The van der Waals surface area contributed by atoms with Gasteiger partial charge in [0, 0.05) is 18.6 Å². The molecule has 0 amide bonds. The molecule has 0 saturated carbocycles. The fourth-order valence-corrected chi connectivity index (χ4v) is 2.33. The number of hydrogen-bond acceptors (Lipinski definition) is 3. The largest absolute Gasteiger partial charge is 0.300 e. The molecule has 1 aliphatic heterocycles. The predicted octanol–water partition coefficient (Wildman–Crippen LogP) is 2.39. The summed E-state index contributed by atoms with van der Waals surface area (Å²) in [5.41, 5.74) is -0.314. The summed E-state index contributed by atoms with van der Waals surface area (Å²) in [6.07, 6.45) is 2.11. The van der Waals surface area contributed by atoms with E-state index in [1.54, 1.807) is 0 Å². The Morgan fingerprint density at radius 3 is 2.50 bits per heavy atom. The van der Waals surface area contributed by atoms with Crippen LogP contribution in [0.3, 0.4) is 0 Å². The van der Waals surface area contributed by atoms with Crippen molar-refractivity contribution in [3.63, 3.8) is 0 Å². The topological polar surface area (TPSA) is 39.1 Å². The molecular formula is C13H27N3. The van der Waals surface area contributed by atoms with Crippen LogP contribution in [0.2, 0.25) is 0 Å². The van der Waals surface area contributed by atoms with E-state index in [1.807, 2.05) is 0 Å². The van der Waals surface area contributed by atoms with E-state index in [2.05, 4.69) is 44.0 Å². The van der Waals surface area contributed by atoms with Crippen LogP contribution in [0.15, 0.2) is 0 Å². The van der Waals surface area contributed by atoms with Crippen LogP contribution in [-0.2, 0) is 0 Å². The lowest BCUT2D eigenvalue weighted by Crippen LogP contribution is -2.54. The predicted molar refractivity (Wildman–Crippen MR) is 69.3 cm³/mol. The molecule has 0 aromatic rings. The number of likely N-dealkylation sites (tertiary alicyclic amines) is 1. The first-order chi connectivity index (χ1) is 6.91. The van der Waals surface area contributed by atoms with Crippen LogP contribution in [0.5, 0.6) is 0 Å². The fourth-order valence-electron chi connectivity index (χ4n) is 2.33. The number of nitrogens with one attached hydrogen (secondary N) is 1. The highest BCUT2D eigenvalue weighted by molar-refractivity contribution is 5.14. The van der Waals surface area contributed by atoms with E-state index in [1.165, 1.54) is 0 Å². The van der Waals surface area contributed by atoms with Crippen molar-refractivity contribution in [3.8, 4) is 6.07 Å². The van der Waals surface area contributed by atoms with Crippen molar-refractivity contribution < 1.29 is 0 Å². The van der Waals surface area contributed by atoms with Gasteiger partial charge >= 0.3 is 0 Å². The van der Waals surface area contributed by atoms with E-state index in [9.17, 15) is 5.26 Å². The lowest BCUT2D eigenvalue weighted by molar-refractivity contribution is 0.273. The van der Waals surface area contributed by atoms with Crippen LogP contribution in [0.25, 0.3) is 0 Å². The molecule has 1 atom stereocenters. The standard InChI is InChI=1S/C12H23N3.CH4/c1-5-7-15-8-6-12(9-13,10-15)14-11(2,3)4;/h14H,5-8,10H2,1-4H3;1H4. The second-order valence-electron chi connectivity index (χ2n) is 5.60. The first-order valence-electron chi connectivity index (χ1n) is 5.84. The lowest BCUT2D eigenvalue weighted by atomic mass is 9.95. The first-order valence-corrected chi connectivity index (χ1v) is 5.84. The van der Waals surface area contributed by atoms with Crippen molar-refractivity contribution in [3.05, 3.63) is 0 Å². The van der Waals surface area contributed by atoms with E-state index >= 15 is 0 Å². The Kier molecular flexibility index (Phi) is 5.44. The van der Waals surface area contributed by atoms with Crippen molar-refractivity contribution in [1.82, 2.24) is 10.2 Å². The van der Waals surface area contributed by atoms with E-state index in [0.717, 1.165) is 32.5 Å². The summed E-state index contributed by atoms with van der Waals surface area (Å²) in [6, 6.07) is 2.47. The molecule has 0 spiro atoms. The molecule has 0 radical (unpaired) electrons. The zero-order chi connectivity index (χ0) is 11.5. The Balaban J connectivity index is 0.00000225. The normalized spacial score (nSPS) is 26.2. The lowest BCUT2D eigenvalue weighted by Gasteiger charge is -2.32. The van der Waals surface area contributed by atoms with Crippen molar-refractivity contribution in [1.29, 1.82) is 5.26 Å². The number of rotatable bonds is 3. The molecule has 0 aliphatic carbocycles. The van der Waals surface area contributed by atoms with Gasteiger partial charge in [-0.05, 0) is 40.2 Å². The van der Waals surface area contributed by atoms with E-state index in [-0.39, 0.29) is 18.5 Å². The Morgan fingerprint density at radius 1 is 1.44 bits per heavy atom. The Hall–Kier alpha value is -0.590. The summed E-state index contributed by atoms with van der Waals surface area (Å²) in [6.45, 7) is 11.6. The van der Waals surface area contributed by atoms with E-state index in [0.29, 0.717) is 0 Å². The van der Waals surface area contributed by atoms with Gasteiger partial charge in [-0.25, -0.2) is 0 Å². The van der Waals surface area contributed by atoms with Gasteiger partial charge in [0.1, 0.15) is 5.54 Å². The minimum absolute atomic E-state index is 0. The molecule has 16 heavy (non-hydrogen) atoms. The van der Waals surface area contributed by atoms with Gasteiger partial charge in [-0.3, -0.25) is 5.32 Å². The van der Waals surface area contributed by atoms with Crippen molar-refractivity contribution in [2.45, 2.75) is 59.0 Å². The highest BCUT2D eigenvalue weighted by Gasteiger charge is 2.40. The monoisotopic (exact) mass is 225 g/mol. The van der Waals surface area contributed by atoms with Crippen LogP contribution < -0.4 is 5.32 Å². The molecule has 1 heterocycles. The molecule has 0 bridgehead atoms. The van der Waals surface area contributed by atoms with E-state index in [4.69, 9.17) is 0 Å². The van der Waals surface area contributed by atoms with Gasteiger partial charge in [0.05, 0.1) is 6.07 Å². The molecule has 0 aromatic heterocycles. The molecule has 94 valence electrons. The van der Waals surface area contributed by atoms with Gasteiger partial charge < -0.3 is 4.90 Å². The van der Waals surface area contributed by atoms with Gasteiger partial charge in [0.25, 0.3) is 0 Å². The number of nitrogens with zero attached hydrogens (tertiary/aromatic N) is 2. The minimum atomic E-state index is -0.326. The Bertz CT molecular complexity index is 249. The molecule has 0 aromatic carbocycles. The summed E-state index contributed by atoms with van der Waals surface area (Å²) >= 11 is 0. The number of hydrogen-bond donors (Lipinski definition) is 1. The molecule has 1 unspecified atom stereocenters. The quantitative estimate of drug-likeness (QED) is 0.801. The molecule has 1 fully saturated rings. The van der Waals surface area contributed by atoms with Crippen LogP contribution in [0.1, 0.15) is 48.0 Å². The number of nitriles is 1. The Morgan fingerprint density at radius 2 is 2.06 bits per heavy atom. The maximum absolute atomic E-state index is 9.33. The average molecular weight is 225 g/mol. The molecule has 1 aliphatic rings. The van der Waals surface area contributed by atoms with Crippen LogP contribution in [0, 0.1) is 11.3 Å². The molecule has 1 N–H and O–H groups in total. The molecule has 3 nitrogen and oxygen atoms in total. The molecule has 1 rings (SSSR count). The zero-order valence-corrected chi connectivity index (χ0v) is 10.4. The fraction of sp³-hybridized carbons (Fsp3) is 0.923. The van der Waals surface area contributed by atoms with E-state index < -0.39 is 0 Å². The highest BCUT2D eigenvalue weighted by Crippen LogP contribution is 2.23. The van der Waals surface area contributed by atoms with Crippen LogP contribution in [0.4, 0.5) is 0 Å². The van der Waals surface area contributed by atoms with Gasteiger partial charge in [-0.15, -0.1) is 0 Å². The Labute approximate surface area is 101 Å². The van der Waals surface area contributed by atoms with Gasteiger partial charge in [-0.1, -0.05) is 14.4 Å². The zero-order valence-electron chi connectivity index (χ0n) is 10.4. The van der Waals surface area contributed by atoms with Crippen LogP contribution in [-0.4, -0.2) is 35.6 Å². The first kappa shape index (κ1) is 15.4. The molecule has 3 heteroatoms. The maximum Gasteiger partial charge on any atom is 0.121 e. The third kappa shape index (κ3) is 4.11. The van der Waals surface area contributed by atoms with Gasteiger partial charge in [-0.2, -0.15) is 5.26 Å². The van der Waals surface area contributed by atoms with Crippen molar-refractivity contribution in [2.75, 3.05) is 19.6 Å². The van der Waals surface area contributed by atoms with Gasteiger partial charge in [0.2, 0.25) is 0 Å². The summed E-state index contributed by atoms with van der Waals surface area (Å²) in [4.78, 5) is 2.38. The highest BCUT2D eigenvalue weighted by atomic mass is 15.2. The maximum atomic E-state index is 9.33. The summed E-state index contributed by atoms with van der Waals surface area (Å²) in [5, 5.41) is 12.8. The second-order valence-corrected chi connectivity index (χ2v) is 5.60. The van der Waals surface area contributed by atoms with Gasteiger partial charge in [0.15, 0.2) is 0 Å². The van der Waals surface area contributed by atoms with Crippen LogP contribution >= 0.6 is 0 Å². The van der Waals surface area contributed by atoms with Crippen molar-refractivity contribution >= 4 is 0 Å². The smallest absolute Gasteiger partial charge is 0.121 e. The van der Waals surface area contributed by atoms with Crippen molar-refractivity contribution in [2.24, 2.45) is 0 Å². The third-order valence-electron chi connectivity index (χ3n) is 2.72. The second kappa shape index (κ2) is 5.65. The third-order valence-corrected chi connectivity index (χ3v) is 2.72. The minimum Gasteiger partial charge on any atom is -0.300 e. The summed E-state index contributed by atoms with van der Waals surface area (Å²) in [5.74, 6) is 0. The average Bonchev–Trinajstić information content (AvgIpc) is 2.47. The summed E-state index contributed by atoms with van der Waals surface area (Å²) < 4.78 is 0.